The largest absolute Gasteiger partial charge is 0.697 e. The van der Waals surface area contributed by atoms with E-state index in [4.69, 9.17) is 30.0 Å². The molecule has 2 unspecified atom stereocenters. The lowest BCUT2D eigenvalue weighted by Gasteiger charge is -2.08. The van der Waals surface area contributed by atoms with Gasteiger partial charge in [-0.2, -0.15) is 0 Å². The molecule has 2 atom stereocenters. The molecule has 0 aliphatic rings. The standard InChI is InChI=1S/C12H28N2O5P/c1-16-7-3-5-11(13)9-18-20(15)19-10-12(14)6-4-8-17-2/h11-12H,3-10,13-14H2,1-2H3/q+1. The third kappa shape index (κ3) is 12.9. The van der Waals surface area contributed by atoms with Gasteiger partial charge in [-0.1, -0.05) is 0 Å². The molecule has 0 fully saturated rings. The van der Waals surface area contributed by atoms with Crippen LogP contribution in [0.2, 0.25) is 0 Å². The summed E-state index contributed by atoms with van der Waals surface area (Å²) in [5.41, 5.74) is 11.6. The van der Waals surface area contributed by atoms with E-state index in [0.717, 1.165) is 25.7 Å². The quantitative estimate of drug-likeness (QED) is 0.366. The summed E-state index contributed by atoms with van der Waals surface area (Å²) in [5.74, 6) is 0. The maximum atomic E-state index is 11.5. The van der Waals surface area contributed by atoms with Crippen LogP contribution < -0.4 is 11.5 Å². The zero-order valence-electron chi connectivity index (χ0n) is 12.5. The van der Waals surface area contributed by atoms with Crippen LogP contribution in [0.1, 0.15) is 25.7 Å². The Labute approximate surface area is 122 Å². The second-order valence-corrected chi connectivity index (χ2v) is 5.57. The molecule has 7 nitrogen and oxygen atoms in total. The van der Waals surface area contributed by atoms with Crippen LogP contribution in [0.25, 0.3) is 0 Å². The first-order valence-electron chi connectivity index (χ1n) is 6.82. The van der Waals surface area contributed by atoms with Crippen LogP contribution in [0.4, 0.5) is 0 Å². The smallest absolute Gasteiger partial charge is 0.385 e. The summed E-state index contributed by atoms with van der Waals surface area (Å²) in [6.45, 7) is 1.73. The van der Waals surface area contributed by atoms with Crippen molar-refractivity contribution in [2.45, 2.75) is 37.8 Å². The lowest BCUT2D eigenvalue weighted by Crippen LogP contribution is -2.27. The van der Waals surface area contributed by atoms with Gasteiger partial charge in [0, 0.05) is 44.1 Å². The van der Waals surface area contributed by atoms with Gasteiger partial charge in [0.15, 0.2) is 0 Å². The van der Waals surface area contributed by atoms with Crippen LogP contribution >= 0.6 is 8.25 Å². The predicted octanol–water partition coefficient (Wildman–Crippen LogP) is 1.18. The monoisotopic (exact) mass is 311 g/mol. The van der Waals surface area contributed by atoms with Crippen LogP contribution in [0.3, 0.4) is 0 Å². The molecular weight excluding hydrogens is 283 g/mol. The molecule has 0 aromatic carbocycles. The number of methoxy groups -OCH3 is 2. The fraction of sp³-hybridized carbons (Fsp3) is 1.00. The average molecular weight is 311 g/mol. The van der Waals surface area contributed by atoms with Gasteiger partial charge in [0.2, 0.25) is 0 Å². The highest BCUT2D eigenvalue weighted by molar-refractivity contribution is 7.33. The molecule has 8 heteroatoms. The third-order valence-corrected chi connectivity index (χ3v) is 3.35. The van der Waals surface area contributed by atoms with Crippen molar-refractivity contribution in [2.24, 2.45) is 11.5 Å². The molecule has 0 aliphatic heterocycles. The molecule has 0 amide bonds. The first-order valence-corrected chi connectivity index (χ1v) is 7.91. The first kappa shape index (κ1) is 19.9. The Kier molecular flexibility index (Phi) is 13.7. The van der Waals surface area contributed by atoms with Crippen molar-refractivity contribution in [1.29, 1.82) is 0 Å². The van der Waals surface area contributed by atoms with Crippen molar-refractivity contribution >= 4 is 8.25 Å². The summed E-state index contributed by atoms with van der Waals surface area (Å²) in [6.07, 6.45) is 3.22. The molecule has 0 saturated heterocycles. The Hall–Kier alpha value is -0.140. The van der Waals surface area contributed by atoms with Crippen LogP contribution in [0.5, 0.6) is 0 Å². The molecule has 0 heterocycles. The van der Waals surface area contributed by atoms with Gasteiger partial charge >= 0.3 is 8.25 Å². The van der Waals surface area contributed by atoms with E-state index in [-0.39, 0.29) is 25.3 Å². The van der Waals surface area contributed by atoms with E-state index in [1.165, 1.54) is 0 Å². The maximum absolute atomic E-state index is 11.5. The molecular formula is C12H28N2O5P+. The SMILES string of the molecule is COCCCC(N)CO[P+](=O)OCC(N)CCCOC. The Morgan fingerprint density at radius 2 is 1.30 bits per heavy atom. The molecule has 120 valence electrons. The topological polar surface area (TPSA) is 106 Å². The van der Waals surface area contributed by atoms with Gasteiger partial charge in [-0.3, -0.25) is 0 Å². The normalized spacial score (nSPS) is 15.1. The fourth-order valence-corrected chi connectivity index (χ4v) is 2.20. The first-order chi connectivity index (χ1) is 9.60. The van der Waals surface area contributed by atoms with Crippen molar-refractivity contribution in [1.82, 2.24) is 0 Å². The molecule has 4 N–H and O–H groups in total. The van der Waals surface area contributed by atoms with E-state index in [9.17, 15) is 4.57 Å². The van der Waals surface area contributed by atoms with Gasteiger partial charge in [0.05, 0.1) is 0 Å². The van der Waals surface area contributed by atoms with Gasteiger partial charge < -0.3 is 20.9 Å². The van der Waals surface area contributed by atoms with Gasteiger partial charge in [-0.25, -0.2) is 0 Å². The van der Waals surface area contributed by atoms with Gasteiger partial charge in [0.1, 0.15) is 13.2 Å². The second kappa shape index (κ2) is 13.8. The summed E-state index contributed by atoms with van der Waals surface area (Å²) in [4.78, 5) is 0. The van der Waals surface area contributed by atoms with E-state index >= 15 is 0 Å². The summed E-state index contributed by atoms with van der Waals surface area (Å²) in [6, 6.07) is -0.328. The maximum Gasteiger partial charge on any atom is 0.697 e. The molecule has 0 aliphatic carbocycles. The number of hydrogen-bond acceptors (Lipinski definition) is 7. The van der Waals surface area contributed by atoms with E-state index in [2.05, 4.69) is 0 Å². The number of ether oxygens (including phenoxy) is 2. The number of rotatable bonds is 14. The summed E-state index contributed by atoms with van der Waals surface area (Å²) in [5, 5.41) is 0. The highest BCUT2D eigenvalue weighted by atomic mass is 31.1. The minimum Gasteiger partial charge on any atom is -0.385 e. The third-order valence-electron chi connectivity index (χ3n) is 2.63. The van der Waals surface area contributed by atoms with E-state index in [1.807, 2.05) is 0 Å². The summed E-state index contributed by atoms with van der Waals surface area (Å²) < 4.78 is 31.4. The Morgan fingerprint density at radius 1 is 0.900 bits per heavy atom. The lowest BCUT2D eigenvalue weighted by atomic mass is 10.2. The molecule has 0 aromatic rings. The van der Waals surface area contributed by atoms with E-state index in [0.29, 0.717) is 13.2 Å². The Bertz CT molecular complexity index is 224. The van der Waals surface area contributed by atoms with Crippen molar-refractivity contribution in [3.05, 3.63) is 0 Å². The zero-order chi connectivity index (χ0) is 15.2. The Morgan fingerprint density at radius 3 is 1.65 bits per heavy atom. The van der Waals surface area contributed by atoms with Gasteiger partial charge in [-0.05, 0) is 25.7 Å². The van der Waals surface area contributed by atoms with Crippen LogP contribution in [-0.2, 0) is 23.1 Å². The molecule has 0 spiro atoms. The number of hydrogen-bond donors (Lipinski definition) is 2. The second-order valence-electron chi connectivity index (χ2n) is 4.61. The van der Waals surface area contributed by atoms with Crippen LogP contribution in [-0.4, -0.2) is 52.7 Å². The molecule has 0 aromatic heterocycles. The minimum absolute atomic E-state index is 0.164. The predicted molar refractivity (Wildman–Crippen MR) is 77.7 cm³/mol. The molecule has 0 saturated carbocycles. The van der Waals surface area contributed by atoms with Crippen LogP contribution in [0, 0.1) is 0 Å². The zero-order valence-corrected chi connectivity index (χ0v) is 13.3. The molecule has 0 bridgehead atoms. The lowest BCUT2D eigenvalue weighted by molar-refractivity contribution is 0.173. The number of nitrogens with two attached hydrogens (primary N) is 2. The molecule has 0 rings (SSSR count). The highest BCUT2D eigenvalue weighted by Gasteiger charge is 2.23. The van der Waals surface area contributed by atoms with Crippen molar-refractivity contribution in [2.75, 3.05) is 40.6 Å². The van der Waals surface area contributed by atoms with Crippen LogP contribution in [0.15, 0.2) is 0 Å². The van der Waals surface area contributed by atoms with Gasteiger partial charge in [0.25, 0.3) is 0 Å². The van der Waals surface area contributed by atoms with Crippen molar-refractivity contribution < 1.29 is 23.1 Å². The van der Waals surface area contributed by atoms with Crippen molar-refractivity contribution in [3.8, 4) is 0 Å². The van der Waals surface area contributed by atoms with E-state index in [1.54, 1.807) is 14.2 Å². The van der Waals surface area contributed by atoms with Gasteiger partial charge in [-0.15, -0.1) is 9.05 Å². The highest BCUT2D eigenvalue weighted by Crippen LogP contribution is 2.24. The average Bonchev–Trinajstić information content (AvgIpc) is 2.43. The van der Waals surface area contributed by atoms with E-state index < -0.39 is 8.25 Å². The molecule has 0 radical (unpaired) electrons. The fourth-order valence-electron chi connectivity index (χ4n) is 1.50. The Balaban J connectivity index is 3.52. The molecule has 20 heavy (non-hydrogen) atoms. The van der Waals surface area contributed by atoms with Crippen molar-refractivity contribution in [3.63, 3.8) is 0 Å². The summed E-state index contributed by atoms with van der Waals surface area (Å²) >= 11 is 0. The summed E-state index contributed by atoms with van der Waals surface area (Å²) in [7, 11) is 1.13. The minimum atomic E-state index is -2.16.